The Balaban J connectivity index is 1.52. The third-order valence-electron chi connectivity index (χ3n) is 5.30. The standard InChI is InChI=1S/C20H23BN2O3/c1-13-7-6-8-16-17(13)24-18(23-16)22-15-11-9-14(10-12-15)21-25-19(2,3)20(4,5)26-21/h6-12H,1-5H3,(H,22,23). The molecule has 0 radical (unpaired) electrons. The molecular weight excluding hydrogens is 327 g/mol. The Morgan fingerprint density at radius 3 is 2.19 bits per heavy atom. The highest BCUT2D eigenvalue weighted by Crippen LogP contribution is 2.36. The largest absolute Gasteiger partial charge is 0.494 e. The fourth-order valence-electron chi connectivity index (χ4n) is 2.97. The zero-order valence-corrected chi connectivity index (χ0v) is 15.8. The molecule has 0 spiro atoms. The predicted molar refractivity (Wildman–Crippen MR) is 104 cm³/mol. The van der Waals surface area contributed by atoms with Crippen molar-refractivity contribution in [3.8, 4) is 0 Å². The van der Waals surface area contributed by atoms with Gasteiger partial charge in [0.2, 0.25) is 0 Å². The lowest BCUT2D eigenvalue weighted by Crippen LogP contribution is -2.41. The van der Waals surface area contributed by atoms with E-state index in [1.807, 2.05) is 49.4 Å². The SMILES string of the molecule is Cc1cccc2nc(Nc3ccc(B4OC(C)(C)C(C)(C)O4)cc3)oc12. The van der Waals surface area contributed by atoms with Crippen LogP contribution >= 0.6 is 0 Å². The van der Waals surface area contributed by atoms with Crippen molar-refractivity contribution in [1.29, 1.82) is 0 Å². The number of oxazole rings is 1. The average Bonchev–Trinajstić information content (AvgIpc) is 3.07. The maximum Gasteiger partial charge on any atom is 0.494 e. The van der Waals surface area contributed by atoms with Crippen LogP contribution in [0.1, 0.15) is 33.3 Å². The molecule has 4 rings (SSSR count). The Morgan fingerprint density at radius 2 is 1.58 bits per heavy atom. The first-order valence-electron chi connectivity index (χ1n) is 8.84. The number of rotatable bonds is 3. The molecule has 0 unspecified atom stereocenters. The van der Waals surface area contributed by atoms with Gasteiger partial charge in [-0.1, -0.05) is 24.3 Å². The van der Waals surface area contributed by atoms with Crippen LogP contribution in [0.5, 0.6) is 0 Å². The van der Waals surface area contributed by atoms with E-state index >= 15 is 0 Å². The van der Waals surface area contributed by atoms with Crippen molar-refractivity contribution in [2.75, 3.05) is 5.32 Å². The highest BCUT2D eigenvalue weighted by molar-refractivity contribution is 6.62. The molecule has 26 heavy (non-hydrogen) atoms. The molecule has 0 amide bonds. The lowest BCUT2D eigenvalue weighted by molar-refractivity contribution is 0.00578. The molecule has 3 aromatic rings. The number of anilines is 2. The molecule has 1 N–H and O–H groups in total. The summed E-state index contributed by atoms with van der Waals surface area (Å²) in [6.07, 6.45) is 0. The van der Waals surface area contributed by atoms with Crippen LogP contribution in [0.4, 0.5) is 11.7 Å². The fourth-order valence-corrected chi connectivity index (χ4v) is 2.97. The molecule has 1 aliphatic heterocycles. The van der Waals surface area contributed by atoms with Crippen molar-refractivity contribution in [1.82, 2.24) is 4.98 Å². The van der Waals surface area contributed by atoms with E-state index < -0.39 is 0 Å². The minimum atomic E-state index is -0.360. The monoisotopic (exact) mass is 350 g/mol. The molecule has 1 saturated heterocycles. The molecule has 2 aromatic carbocycles. The predicted octanol–water partition coefficient (Wildman–Crippen LogP) is 4.18. The summed E-state index contributed by atoms with van der Waals surface area (Å²) in [6, 6.07) is 14.4. The molecule has 1 aromatic heterocycles. The highest BCUT2D eigenvalue weighted by atomic mass is 16.7. The van der Waals surface area contributed by atoms with Crippen molar-refractivity contribution >= 4 is 35.4 Å². The minimum absolute atomic E-state index is 0.343. The summed E-state index contributed by atoms with van der Waals surface area (Å²) in [5.41, 5.74) is 3.93. The highest BCUT2D eigenvalue weighted by Gasteiger charge is 2.51. The molecule has 0 saturated carbocycles. The third-order valence-corrected chi connectivity index (χ3v) is 5.30. The van der Waals surface area contributed by atoms with Gasteiger partial charge in [-0.2, -0.15) is 4.98 Å². The Bertz CT molecular complexity index is 931. The topological polar surface area (TPSA) is 56.5 Å². The molecular formula is C20H23BN2O3. The van der Waals surface area contributed by atoms with E-state index in [1.54, 1.807) is 0 Å². The quantitative estimate of drug-likeness (QED) is 0.718. The van der Waals surface area contributed by atoms with E-state index in [9.17, 15) is 0 Å². The second kappa shape index (κ2) is 5.86. The van der Waals surface area contributed by atoms with Gasteiger partial charge < -0.3 is 19.0 Å². The van der Waals surface area contributed by atoms with Crippen LogP contribution in [0.25, 0.3) is 11.1 Å². The van der Waals surface area contributed by atoms with Crippen LogP contribution in [0.2, 0.25) is 0 Å². The number of fused-ring (bicyclic) bond motifs is 1. The van der Waals surface area contributed by atoms with Gasteiger partial charge in [-0.3, -0.25) is 0 Å². The molecule has 0 aliphatic carbocycles. The molecule has 134 valence electrons. The van der Waals surface area contributed by atoms with Crippen LogP contribution in [-0.4, -0.2) is 23.3 Å². The van der Waals surface area contributed by atoms with Crippen molar-refractivity contribution in [3.63, 3.8) is 0 Å². The first-order valence-corrected chi connectivity index (χ1v) is 8.84. The van der Waals surface area contributed by atoms with Crippen molar-refractivity contribution < 1.29 is 13.7 Å². The zero-order valence-electron chi connectivity index (χ0n) is 15.8. The summed E-state index contributed by atoms with van der Waals surface area (Å²) in [7, 11) is -0.360. The number of hydrogen-bond acceptors (Lipinski definition) is 5. The van der Waals surface area contributed by atoms with Gasteiger partial charge in [-0.25, -0.2) is 0 Å². The molecule has 6 heteroatoms. The van der Waals surface area contributed by atoms with Crippen LogP contribution in [0.3, 0.4) is 0 Å². The van der Waals surface area contributed by atoms with Gasteiger partial charge >= 0.3 is 7.12 Å². The van der Waals surface area contributed by atoms with Gasteiger partial charge in [-0.15, -0.1) is 0 Å². The number of nitrogens with zero attached hydrogens (tertiary/aromatic N) is 1. The second-order valence-electron chi connectivity index (χ2n) is 7.78. The average molecular weight is 350 g/mol. The first-order chi connectivity index (χ1) is 12.2. The number of aromatic nitrogens is 1. The Morgan fingerprint density at radius 1 is 0.923 bits per heavy atom. The van der Waals surface area contributed by atoms with Crippen LogP contribution in [0.15, 0.2) is 46.9 Å². The van der Waals surface area contributed by atoms with Crippen molar-refractivity contribution in [2.24, 2.45) is 0 Å². The number of nitrogens with one attached hydrogen (secondary N) is 1. The fraction of sp³-hybridized carbons (Fsp3) is 0.350. The second-order valence-corrected chi connectivity index (χ2v) is 7.78. The summed E-state index contributed by atoms with van der Waals surface area (Å²) in [6.45, 7) is 10.2. The number of para-hydroxylation sites is 1. The summed E-state index contributed by atoms with van der Waals surface area (Å²) in [4.78, 5) is 4.48. The molecule has 0 atom stereocenters. The van der Waals surface area contributed by atoms with Gasteiger partial charge in [-0.05, 0) is 63.8 Å². The summed E-state index contributed by atoms with van der Waals surface area (Å²) in [5.74, 6) is 0. The van der Waals surface area contributed by atoms with E-state index in [0.29, 0.717) is 6.01 Å². The van der Waals surface area contributed by atoms with Gasteiger partial charge in [0.05, 0.1) is 11.2 Å². The van der Waals surface area contributed by atoms with Gasteiger partial charge in [0, 0.05) is 5.69 Å². The van der Waals surface area contributed by atoms with Crippen LogP contribution in [0, 0.1) is 6.92 Å². The maximum atomic E-state index is 6.09. The Hall–Kier alpha value is -2.31. The van der Waals surface area contributed by atoms with E-state index in [1.165, 1.54) is 0 Å². The third kappa shape index (κ3) is 2.89. The van der Waals surface area contributed by atoms with E-state index in [0.717, 1.165) is 27.8 Å². The maximum absolute atomic E-state index is 6.09. The molecule has 2 heterocycles. The van der Waals surface area contributed by atoms with Crippen molar-refractivity contribution in [2.45, 2.75) is 45.8 Å². The lowest BCUT2D eigenvalue weighted by atomic mass is 9.79. The molecule has 1 fully saturated rings. The zero-order chi connectivity index (χ0) is 18.5. The molecule has 0 bridgehead atoms. The van der Waals surface area contributed by atoms with Gasteiger partial charge in [0.1, 0.15) is 5.52 Å². The van der Waals surface area contributed by atoms with Gasteiger partial charge in [0.25, 0.3) is 6.01 Å². The molecule has 5 nitrogen and oxygen atoms in total. The Kier molecular flexibility index (Phi) is 3.86. The number of hydrogen-bond donors (Lipinski definition) is 1. The number of aryl methyl sites for hydroxylation is 1. The van der Waals surface area contributed by atoms with Crippen LogP contribution in [-0.2, 0) is 9.31 Å². The van der Waals surface area contributed by atoms with E-state index in [2.05, 4.69) is 38.0 Å². The van der Waals surface area contributed by atoms with E-state index in [4.69, 9.17) is 13.7 Å². The smallest absolute Gasteiger partial charge is 0.423 e. The van der Waals surface area contributed by atoms with Gasteiger partial charge in [0.15, 0.2) is 5.58 Å². The summed E-state index contributed by atoms with van der Waals surface area (Å²) in [5, 5.41) is 3.21. The van der Waals surface area contributed by atoms with Crippen LogP contribution < -0.4 is 10.8 Å². The normalized spacial score (nSPS) is 18.4. The lowest BCUT2D eigenvalue weighted by Gasteiger charge is -2.32. The van der Waals surface area contributed by atoms with E-state index in [-0.39, 0.29) is 18.3 Å². The number of benzene rings is 2. The summed E-state index contributed by atoms with van der Waals surface area (Å²) >= 11 is 0. The first kappa shape index (κ1) is 17.1. The molecule has 1 aliphatic rings. The Labute approximate surface area is 153 Å². The van der Waals surface area contributed by atoms with Crippen molar-refractivity contribution in [3.05, 3.63) is 48.0 Å². The summed E-state index contributed by atoms with van der Waals surface area (Å²) < 4.78 is 18.0. The minimum Gasteiger partial charge on any atom is -0.423 e.